The first-order valence-electron chi connectivity index (χ1n) is 4.33. The van der Waals surface area contributed by atoms with Crippen molar-refractivity contribution in [3.05, 3.63) is 0 Å². The van der Waals surface area contributed by atoms with Gasteiger partial charge in [-0.1, -0.05) is 0 Å². The molecule has 0 amide bonds. The second-order valence-corrected chi connectivity index (χ2v) is 4.55. The lowest BCUT2D eigenvalue weighted by Crippen LogP contribution is -2.49. The summed E-state index contributed by atoms with van der Waals surface area (Å²) in [5.41, 5.74) is 0. The highest BCUT2D eigenvalue weighted by Gasteiger charge is 2.40. The molecule has 6 heteroatoms. The van der Waals surface area contributed by atoms with E-state index in [-0.39, 0.29) is 6.04 Å². The van der Waals surface area contributed by atoms with E-state index in [1.165, 1.54) is 0 Å². The minimum absolute atomic E-state index is 0.0534. The molecule has 1 aliphatic rings. The molecule has 0 aromatic heterocycles. The summed E-state index contributed by atoms with van der Waals surface area (Å²) in [6, 6.07) is 0.0534. The van der Waals surface area contributed by atoms with Crippen LogP contribution in [0.4, 0.5) is 8.78 Å². The molecule has 14 heavy (non-hydrogen) atoms. The van der Waals surface area contributed by atoms with Gasteiger partial charge in [-0.2, -0.15) is 20.5 Å². The number of halogens is 2. The predicted molar refractivity (Wildman–Crippen MR) is 50.9 cm³/mol. The van der Waals surface area contributed by atoms with Gasteiger partial charge in [0.15, 0.2) is 0 Å². The van der Waals surface area contributed by atoms with E-state index < -0.39 is 18.4 Å². The van der Waals surface area contributed by atoms with E-state index >= 15 is 0 Å². The average Bonchev–Trinajstić information content (AvgIpc) is 2.01. The van der Waals surface area contributed by atoms with Gasteiger partial charge in [0, 0.05) is 11.3 Å². The van der Waals surface area contributed by atoms with Gasteiger partial charge in [0.2, 0.25) is 0 Å². The van der Waals surface area contributed by atoms with Gasteiger partial charge in [-0.05, 0) is 19.1 Å². The Balaban J connectivity index is 2.19. The molecule has 1 aliphatic carbocycles. The van der Waals surface area contributed by atoms with Crippen LogP contribution in [0.3, 0.4) is 0 Å². The van der Waals surface area contributed by atoms with Gasteiger partial charge < -0.3 is 10.4 Å². The highest BCUT2D eigenvalue weighted by atomic mass is 32.2. The second-order valence-electron chi connectivity index (χ2n) is 3.42. The summed E-state index contributed by atoms with van der Waals surface area (Å²) in [5, 5.41) is 11.2. The van der Waals surface area contributed by atoms with Crippen LogP contribution < -0.4 is 5.32 Å². The maximum atomic E-state index is 12.6. The van der Waals surface area contributed by atoms with Crippen LogP contribution in [0.2, 0.25) is 0 Å². The lowest BCUT2D eigenvalue weighted by molar-refractivity contribution is -0.164. The summed E-state index contributed by atoms with van der Waals surface area (Å²) in [6.07, 6.45) is 3.67. The number of rotatable bonds is 5. The van der Waals surface area contributed by atoms with Crippen LogP contribution in [0, 0.1) is 0 Å². The predicted octanol–water partition coefficient (Wildman–Crippen LogP) is 1.19. The number of nitrogens with one attached hydrogen (secondary N) is 1. The van der Waals surface area contributed by atoms with Crippen LogP contribution in [0.5, 0.6) is 0 Å². The topological polar surface area (TPSA) is 49.3 Å². The van der Waals surface area contributed by atoms with Crippen LogP contribution in [0.15, 0.2) is 0 Å². The van der Waals surface area contributed by atoms with Gasteiger partial charge in [-0.15, -0.1) is 0 Å². The van der Waals surface area contributed by atoms with Crippen LogP contribution in [-0.2, 0) is 4.79 Å². The molecule has 0 aliphatic heterocycles. The molecule has 0 spiro atoms. The van der Waals surface area contributed by atoms with Gasteiger partial charge in [-0.3, -0.25) is 0 Å². The van der Waals surface area contributed by atoms with Crippen molar-refractivity contribution in [1.29, 1.82) is 0 Å². The van der Waals surface area contributed by atoms with Crippen molar-refractivity contribution in [2.45, 2.75) is 30.1 Å². The fourth-order valence-electron chi connectivity index (χ4n) is 1.27. The minimum Gasteiger partial charge on any atom is -0.477 e. The monoisotopic (exact) mass is 225 g/mol. The molecule has 0 bridgehead atoms. The molecule has 0 atom stereocenters. The highest BCUT2D eigenvalue weighted by molar-refractivity contribution is 7.99. The highest BCUT2D eigenvalue weighted by Crippen LogP contribution is 2.30. The fraction of sp³-hybridized carbons (Fsp3) is 0.875. The molecular formula is C8H13F2NO2S. The Morgan fingerprint density at radius 3 is 2.64 bits per heavy atom. The molecular weight excluding hydrogens is 212 g/mol. The maximum Gasteiger partial charge on any atom is 0.375 e. The number of aliphatic carboxylic acids is 1. The van der Waals surface area contributed by atoms with E-state index in [9.17, 15) is 13.6 Å². The van der Waals surface area contributed by atoms with Crippen LogP contribution >= 0.6 is 11.8 Å². The number of thioether (sulfide) groups is 1. The van der Waals surface area contributed by atoms with E-state index in [0.717, 1.165) is 12.8 Å². The molecule has 3 nitrogen and oxygen atoms in total. The minimum atomic E-state index is -3.65. The molecule has 0 radical (unpaired) electrons. The number of hydrogen-bond donors (Lipinski definition) is 2. The number of alkyl halides is 2. The molecule has 82 valence electrons. The summed E-state index contributed by atoms with van der Waals surface area (Å²) < 4.78 is 25.2. The smallest absolute Gasteiger partial charge is 0.375 e. The molecule has 0 unspecified atom stereocenters. The summed E-state index contributed by atoms with van der Waals surface area (Å²) in [5.74, 6) is -5.71. The molecule has 0 aromatic rings. The molecule has 0 heterocycles. The fourth-order valence-corrected chi connectivity index (χ4v) is 2.12. The molecule has 1 rings (SSSR count). The summed E-state index contributed by atoms with van der Waals surface area (Å²) in [6.45, 7) is -0.770. The summed E-state index contributed by atoms with van der Waals surface area (Å²) >= 11 is 1.71. The third-order valence-corrected chi connectivity index (χ3v) is 3.41. The van der Waals surface area contributed by atoms with Crippen molar-refractivity contribution < 1.29 is 18.7 Å². The van der Waals surface area contributed by atoms with E-state index in [2.05, 4.69) is 5.32 Å². The average molecular weight is 225 g/mol. The van der Waals surface area contributed by atoms with E-state index in [1.807, 2.05) is 6.26 Å². The number of hydrogen-bond acceptors (Lipinski definition) is 3. The third-order valence-electron chi connectivity index (χ3n) is 2.35. The van der Waals surface area contributed by atoms with Crippen molar-refractivity contribution >= 4 is 17.7 Å². The zero-order chi connectivity index (χ0) is 10.8. The third kappa shape index (κ3) is 2.81. The summed E-state index contributed by atoms with van der Waals surface area (Å²) in [7, 11) is 0. The largest absolute Gasteiger partial charge is 0.477 e. The number of carboxylic acid groups (broad SMARTS) is 1. The van der Waals surface area contributed by atoms with Crippen molar-refractivity contribution in [3.8, 4) is 0 Å². The zero-order valence-electron chi connectivity index (χ0n) is 7.80. The first-order valence-corrected chi connectivity index (χ1v) is 5.62. The zero-order valence-corrected chi connectivity index (χ0v) is 8.61. The van der Waals surface area contributed by atoms with Crippen molar-refractivity contribution in [3.63, 3.8) is 0 Å². The Labute approximate surface area is 85.2 Å². The molecule has 1 saturated carbocycles. The van der Waals surface area contributed by atoms with Crippen LogP contribution in [0.1, 0.15) is 12.8 Å². The van der Waals surface area contributed by atoms with Crippen molar-refractivity contribution in [2.75, 3.05) is 12.8 Å². The van der Waals surface area contributed by atoms with Crippen LogP contribution in [0.25, 0.3) is 0 Å². The standard InChI is InChI=1S/C8H13F2NO2S/c1-14-6-2-5(3-6)11-4-8(9,10)7(12)13/h5-6,11H,2-4H2,1H3,(H,12,13). The summed E-state index contributed by atoms with van der Waals surface area (Å²) in [4.78, 5) is 10.1. The van der Waals surface area contributed by atoms with Gasteiger partial charge >= 0.3 is 11.9 Å². The molecule has 2 N–H and O–H groups in total. The van der Waals surface area contributed by atoms with Gasteiger partial charge in [0.05, 0.1) is 6.54 Å². The quantitative estimate of drug-likeness (QED) is 0.738. The van der Waals surface area contributed by atoms with Crippen molar-refractivity contribution in [2.24, 2.45) is 0 Å². The maximum absolute atomic E-state index is 12.6. The van der Waals surface area contributed by atoms with Gasteiger partial charge in [0.25, 0.3) is 0 Å². The van der Waals surface area contributed by atoms with Crippen molar-refractivity contribution in [1.82, 2.24) is 5.32 Å². The van der Waals surface area contributed by atoms with Gasteiger partial charge in [-0.25, -0.2) is 4.79 Å². The Bertz CT molecular complexity index is 219. The Hall–Kier alpha value is -0.360. The Morgan fingerprint density at radius 1 is 1.64 bits per heavy atom. The van der Waals surface area contributed by atoms with E-state index in [0.29, 0.717) is 5.25 Å². The van der Waals surface area contributed by atoms with Crippen LogP contribution in [-0.4, -0.2) is 41.1 Å². The number of carbonyl (C=O) groups is 1. The lowest BCUT2D eigenvalue weighted by Gasteiger charge is -2.35. The second kappa shape index (κ2) is 4.44. The van der Waals surface area contributed by atoms with Gasteiger partial charge in [0.1, 0.15) is 0 Å². The lowest BCUT2D eigenvalue weighted by atomic mass is 9.92. The normalized spacial score (nSPS) is 27.1. The Kier molecular flexibility index (Phi) is 3.71. The molecule has 0 aromatic carbocycles. The molecule has 1 fully saturated rings. The molecule has 0 saturated heterocycles. The first kappa shape index (κ1) is 11.7. The van der Waals surface area contributed by atoms with E-state index in [4.69, 9.17) is 5.11 Å². The Morgan fingerprint density at radius 2 is 2.21 bits per heavy atom. The first-order chi connectivity index (χ1) is 6.45. The SMILES string of the molecule is CSC1CC(NCC(F)(F)C(=O)O)C1. The van der Waals surface area contributed by atoms with E-state index in [1.54, 1.807) is 11.8 Å². The number of carboxylic acids is 1.